The van der Waals surface area contributed by atoms with E-state index >= 15 is 0 Å². The quantitative estimate of drug-likeness (QED) is 0.819. The lowest BCUT2D eigenvalue weighted by molar-refractivity contribution is -0.274. The largest absolute Gasteiger partial charge is 0.573 e. The molecule has 114 valence electrons. The van der Waals surface area contributed by atoms with Crippen molar-refractivity contribution in [3.63, 3.8) is 0 Å². The predicted octanol–water partition coefficient (Wildman–Crippen LogP) is 2.45. The summed E-state index contributed by atoms with van der Waals surface area (Å²) in [5.74, 6) is -0.526. The van der Waals surface area contributed by atoms with Crippen molar-refractivity contribution in [3.8, 4) is 5.75 Å². The average molecular weight is 313 g/mol. The van der Waals surface area contributed by atoms with Gasteiger partial charge in [-0.3, -0.25) is 4.84 Å². The molecule has 1 rings (SSSR count). The Kier molecular flexibility index (Phi) is 5.37. The van der Waals surface area contributed by atoms with Crippen LogP contribution in [0.5, 0.6) is 5.75 Å². The van der Waals surface area contributed by atoms with Gasteiger partial charge in [0, 0.05) is 6.07 Å². The van der Waals surface area contributed by atoms with Gasteiger partial charge in [-0.2, -0.15) is 0 Å². The molecular formula is C11H14F3NO4S. The van der Waals surface area contributed by atoms with E-state index in [0.29, 0.717) is 0 Å². The number of halogens is 3. The monoisotopic (exact) mass is 313 g/mol. The lowest BCUT2D eigenvalue weighted by Crippen LogP contribution is -2.26. The minimum Gasteiger partial charge on any atom is -0.406 e. The highest BCUT2D eigenvalue weighted by molar-refractivity contribution is 7.89. The van der Waals surface area contributed by atoms with E-state index < -0.39 is 22.1 Å². The first kappa shape index (κ1) is 16.7. The maximum Gasteiger partial charge on any atom is 0.573 e. The molecule has 0 aliphatic heterocycles. The summed E-state index contributed by atoms with van der Waals surface area (Å²) in [6, 6.07) is 4.03. The minimum absolute atomic E-state index is 0.0950. The predicted molar refractivity (Wildman–Crippen MR) is 64.2 cm³/mol. The molecule has 1 aromatic rings. The van der Waals surface area contributed by atoms with Gasteiger partial charge in [-0.1, -0.05) is 24.8 Å². The summed E-state index contributed by atoms with van der Waals surface area (Å²) in [6.07, 6.45) is -4.88. The van der Waals surface area contributed by atoms with Crippen molar-refractivity contribution in [1.82, 2.24) is 4.89 Å². The van der Waals surface area contributed by atoms with Crippen LogP contribution in [0.2, 0.25) is 0 Å². The Morgan fingerprint density at radius 2 is 1.95 bits per heavy atom. The van der Waals surface area contributed by atoms with Gasteiger partial charge in [0.15, 0.2) is 0 Å². The van der Waals surface area contributed by atoms with Gasteiger partial charge in [-0.05, 0) is 18.1 Å². The number of alkyl halides is 3. The fraction of sp³-hybridized carbons (Fsp3) is 0.455. The van der Waals surface area contributed by atoms with Gasteiger partial charge < -0.3 is 4.74 Å². The van der Waals surface area contributed by atoms with Gasteiger partial charge in [0.25, 0.3) is 10.0 Å². The maximum absolute atomic E-state index is 12.0. The van der Waals surface area contributed by atoms with Crippen molar-refractivity contribution < 1.29 is 31.2 Å². The standard InChI is InChI=1S/C11H14F3NO4S/c1-8(2)7-18-15-20(16,17)10-5-3-4-9(6-10)19-11(12,13)14/h3-6,8,15H,7H2,1-2H3. The zero-order valence-corrected chi connectivity index (χ0v) is 11.6. The molecular weight excluding hydrogens is 299 g/mol. The Balaban J connectivity index is 2.82. The molecule has 0 amide bonds. The van der Waals surface area contributed by atoms with E-state index in [1.807, 2.05) is 18.7 Å². The third kappa shape index (κ3) is 5.76. The second kappa shape index (κ2) is 6.42. The van der Waals surface area contributed by atoms with Gasteiger partial charge >= 0.3 is 6.36 Å². The Hall–Kier alpha value is -1.32. The molecule has 1 aromatic carbocycles. The van der Waals surface area contributed by atoms with E-state index in [4.69, 9.17) is 4.84 Å². The van der Waals surface area contributed by atoms with Gasteiger partial charge in [0.2, 0.25) is 0 Å². The van der Waals surface area contributed by atoms with E-state index in [-0.39, 0.29) is 17.4 Å². The van der Waals surface area contributed by atoms with Crippen molar-refractivity contribution in [1.29, 1.82) is 0 Å². The van der Waals surface area contributed by atoms with Gasteiger partial charge in [0.1, 0.15) is 5.75 Å². The Bertz CT molecular complexity index is 543. The molecule has 0 radical (unpaired) electrons. The van der Waals surface area contributed by atoms with E-state index in [0.717, 1.165) is 24.3 Å². The number of rotatable bonds is 6. The number of nitrogens with one attached hydrogen (secondary N) is 1. The van der Waals surface area contributed by atoms with Crippen LogP contribution in [0, 0.1) is 5.92 Å². The summed E-state index contributed by atoms with van der Waals surface area (Å²) in [7, 11) is -4.05. The molecule has 0 bridgehead atoms. The molecule has 0 aromatic heterocycles. The van der Waals surface area contributed by atoms with E-state index in [2.05, 4.69) is 4.74 Å². The smallest absolute Gasteiger partial charge is 0.406 e. The SMILES string of the molecule is CC(C)CONS(=O)(=O)c1cccc(OC(F)(F)F)c1. The van der Waals surface area contributed by atoms with Crippen LogP contribution >= 0.6 is 0 Å². The third-order valence-corrected chi connectivity index (χ3v) is 3.15. The highest BCUT2D eigenvalue weighted by atomic mass is 32.2. The van der Waals surface area contributed by atoms with Gasteiger partial charge in [0.05, 0.1) is 11.5 Å². The van der Waals surface area contributed by atoms with Crippen LogP contribution in [0.4, 0.5) is 13.2 Å². The van der Waals surface area contributed by atoms with Crippen LogP contribution in [0.15, 0.2) is 29.2 Å². The molecule has 0 unspecified atom stereocenters. The molecule has 0 heterocycles. The van der Waals surface area contributed by atoms with Gasteiger partial charge in [-0.25, -0.2) is 8.42 Å². The van der Waals surface area contributed by atoms with Crippen molar-refractivity contribution in [2.45, 2.75) is 25.1 Å². The Labute approximate surface area is 114 Å². The highest BCUT2D eigenvalue weighted by Gasteiger charge is 2.31. The molecule has 0 fully saturated rings. The molecule has 0 atom stereocenters. The number of benzene rings is 1. The van der Waals surface area contributed by atoms with Gasteiger partial charge in [-0.15, -0.1) is 13.2 Å². The molecule has 0 aliphatic rings. The van der Waals surface area contributed by atoms with Crippen LogP contribution in [0.1, 0.15) is 13.8 Å². The summed E-state index contributed by atoms with van der Waals surface area (Å²) < 4.78 is 63.3. The number of ether oxygens (including phenoxy) is 1. The van der Waals surface area contributed by atoms with Crippen molar-refractivity contribution in [2.24, 2.45) is 5.92 Å². The maximum atomic E-state index is 12.0. The van der Waals surface area contributed by atoms with Crippen LogP contribution < -0.4 is 9.62 Å². The third-order valence-electron chi connectivity index (χ3n) is 1.93. The average Bonchev–Trinajstić information content (AvgIpc) is 2.26. The fourth-order valence-electron chi connectivity index (χ4n) is 1.16. The zero-order valence-electron chi connectivity index (χ0n) is 10.8. The Morgan fingerprint density at radius 3 is 2.50 bits per heavy atom. The normalized spacial score (nSPS) is 12.7. The topological polar surface area (TPSA) is 64.6 Å². The summed E-state index contributed by atoms with van der Waals surface area (Å²) in [5, 5.41) is 0. The lowest BCUT2D eigenvalue weighted by atomic mass is 10.2. The summed E-state index contributed by atoms with van der Waals surface area (Å²) in [4.78, 5) is 6.20. The fourth-order valence-corrected chi connectivity index (χ4v) is 2.01. The van der Waals surface area contributed by atoms with E-state index in [9.17, 15) is 21.6 Å². The minimum atomic E-state index is -4.88. The number of hydrogen-bond acceptors (Lipinski definition) is 4. The first-order valence-electron chi connectivity index (χ1n) is 5.59. The second-order valence-electron chi connectivity index (χ2n) is 4.31. The first-order valence-corrected chi connectivity index (χ1v) is 7.08. The molecule has 0 saturated heterocycles. The van der Waals surface area contributed by atoms with Crippen LogP contribution in [-0.2, 0) is 14.9 Å². The van der Waals surface area contributed by atoms with E-state index in [1.54, 1.807) is 0 Å². The number of hydrogen-bond donors (Lipinski definition) is 1. The highest BCUT2D eigenvalue weighted by Crippen LogP contribution is 2.24. The van der Waals surface area contributed by atoms with Crippen LogP contribution in [0.3, 0.4) is 0 Å². The molecule has 0 saturated carbocycles. The molecule has 0 spiro atoms. The molecule has 1 N–H and O–H groups in total. The van der Waals surface area contributed by atoms with E-state index in [1.165, 1.54) is 0 Å². The molecule has 0 aliphatic carbocycles. The van der Waals surface area contributed by atoms with Crippen molar-refractivity contribution in [3.05, 3.63) is 24.3 Å². The zero-order chi connectivity index (χ0) is 15.4. The molecule has 5 nitrogen and oxygen atoms in total. The number of sulfonamides is 1. The molecule has 9 heteroatoms. The van der Waals surface area contributed by atoms with Crippen molar-refractivity contribution >= 4 is 10.0 Å². The lowest BCUT2D eigenvalue weighted by Gasteiger charge is -2.11. The van der Waals surface area contributed by atoms with Crippen LogP contribution in [-0.4, -0.2) is 21.4 Å². The summed E-state index contributed by atoms with van der Waals surface area (Å²) >= 11 is 0. The molecule has 20 heavy (non-hydrogen) atoms. The van der Waals surface area contributed by atoms with Crippen molar-refractivity contribution in [2.75, 3.05) is 6.61 Å². The van der Waals surface area contributed by atoms with Crippen LogP contribution in [0.25, 0.3) is 0 Å². The summed E-state index contributed by atoms with van der Waals surface area (Å²) in [6.45, 7) is 3.76. The Morgan fingerprint density at radius 1 is 1.30 bits per heavy atom. The second-order valence-corrected chi connectivity index (χ2v) is 5.96. The first-order chi connectivity index (χ1) is 9.10. The summed E-state index contributed by atoms with van der Waals surface area (Å²) in [5.41, 5.74) is 0.